The number of rotatable bonds is 7. The van der Waals surface area contributed by atoms with Gasteiger partial charge < -0.3 is 15.0 Å². The van der Waals surface area contributed by atoms with E-state index in [1.807, 2.05) is 20.8 Å². The number of nitrogens with zero attached hydrogens (tertiary/aromatic N) is 2. The number of nitrogens with one attached hydrogen (secondary N) is 1. The van der Waals surface area contributed by atoms with E-state index in [1.54, 1.807) is 19.0 Å². The minimum atomic E-state index is -0.785. The molecule has 0 heterocycles. The van der Waals surface area contributed by atoms with Gasteiger partial charge in [-0.3, -0.25) is 14.9 Å². The summed E-state index contributed by atoms with van der Waals surface area (Å²) in [5, 5.41) is 13.6. The first kappa shape index (κ1) is 19.4. The zero-order valence-corrected chi connectivity index (χ0v) is 14.6. The maximum absolute atomic E-state index is 12.2. The van der Waals surface area contributed by atoms with Crippen molar-refractivity contribution in [1.82, 2.24) is 5.32 Å². The molecular weight excluding hydrogens is 314 g/mol. The molecule has 0 spiro atoms. The van der Waals surface area contributed by atoms with Crippen LogP contribution in [0.25, 0.3) is 0 Å². The molecule has 0 atom stereocenters. The van der Waals surface area contributed by atoms with Gasteiger partial charge in [-0.25, -0.2) is 4.79 Å². The van der Waals surface area contributed by atoms with E-state index in [0.29, 0.717) is 5.69 Å². The lowest BCUT2D eigenvalue weighted by Gasteiger charge is -2.24. The molecule has 0 fully saturated rings. The van der Waals surface area contributed by atoms with E-state index in [9.17, 15) is 19.7 Å². The van der Waals surface area contributed by atoms with Gasteiger partial charge in [0, 0.05) is 31.8 Å². The van der Waals surface area contributed by atoms with Gasteiger partial charge in [0.1, 0.15) is 0 Å². The van der Waals surface area contributed by atoms with Gasteiger partial charge >= 0.3 is 5.97 Å². The summed E-state index contributed by atoms with van der Waals surface area (Å²) in [6.07, 6.45) is 0.725. The summed E-state index contributed by atoms with van der Waals surface area (Å²) in [6.45, 7) is 5.20. The number of hydrogen-bond donors (Lipinski definition) is 1. The van der Waals surface area contributed by atoms with Crippen molar-refractivity contribution in [3.8, 4) is 0 Å². The lowest BCUT2D eigenvalue weighted by atomic mass is 10.0. The second-order valence-electron chi connectivity index (χ2n) is 6.21. The number of anilines is 1. The zero-order chi connectivity index (χ0) is 18.5. The highest BCUT2D eigenvalue weighted by atomic mass is 16.6. The Kier molecular flexibility index (Phi) is 6.27. The van der Waals surface area contributed by atoms with Crippen LogP contribution in [0.1, 0.15) is 37.6 Å². The standard InChI is InChI=1S/C16H23N3O5/c1-6-16(2,3)17-14(20)10-24-15(21)12-9-11(19(22)23)7-8-13(12)18(4)5/h7-9H,6,10H2,1-5H3,(H,17,20). The fraction of sp³-hybridized carbons (Fsp3) is 0.500. The van der Waals surface area contributed by atoms with Crippen molar-refractivity contribution >= 4 is 23.3 Å². The number of esters is 1. The van der Waals surface area contributed by atoms with E-state index < -0.39 is 28.9 Å². The highest BCUT2D eigenvalue weighted by Gasteiger charge is 2.22. The van der Waals surface area contributed by atoms with Crippen LogP contribution in [0.5, 0.6) is 0 Å². The summed E-state index contributed by atoms with van der Waals surface area (Å²) in [7, 11) is 3.41. The maximum atomic E-state index is 12.2. The van der Waals surface area contributed by atoms with Crippen LogP contribution in [-0.2, 0) is 9.53 Å². The van der Waals surface area contributed by atoms with E-state index in [4.69, 9.17) is 4.74 Å². The van der Waals surface area contributed by atoms with E-state index in [2.05, 4.69) is 5.32 Å². The highest BCUT2D eigenvalue weighted by molar-refractivity contribution is 5.97. The normalized spacial score (nSPS) is 10.9. The molecule has 1 aromatic rings. The second-order valence-corrected chi connectivity index (χ2v) is 6.21. The Morgan fingerprint density at radius 1 is 1.33 bits per heavy atom. The van der Waals surface area contributed by atoms with Crippen LogP contribution in [0.3, 0.4) is 0 Å². The van der Waals surface area contributed by atoms with Crippen LogP contribution in [0.15, 0.2) is 18.2 Å². The molecule has 1 aromatic carbocycles. The Morgan fingerprint density at radius 2 is 1.96 bits per heavy atom. The summed E-state index contributed by atoms with van der Waals surface area (Å²) in [5.74, 6) is -1.21. The van der Waals surface area contributed by atoms with Gasteiger partial charge in [-0.1, -0.05) is 6.92 Å². The van der Waals surface area contributed by atoms with Gasteiger partial charge in [-0.2, -0.15) is 0 Å². The van der Waals surface area contributed by atoms with E-state index in [-0.39, 0.29) is 11.3 Å². The van der Waals surface area contributed by atoms with Gasteiger partial charge in [-0.15, -0.1) is 0 Å². The number of carbonyl (C=O) groups excluding carboxylic acids is 2. The lowest BCUT2D eigenvalue weighted by Crippen LogP contribution is -2.44. The largest absolute Gasteiger partial charge is 0.452 e. The maximum Gasteiger partial charge on any atom is 0.341 e. The molecule has 0 aliphatic rings. The third-order valence-corrected chi connectivity index (χ3v) is 3.59. The smallest absolute Gasteiger partial charge is 0.341 e. The lowest BCUT2D eigenvalue weighted by molar-refractivity contribution is -0.384. The molecule has 0 bridgehead atoms. The summed E-state index contributed by atoms with van der Waals surface area (Å²) < 4.78 is 5.01. The van der Waals surface area contributed by atoms with E-state index in [0.717, 1.165) is 12.5 Å². The molecule has 0 radical (unpaired) electrons. The zero-order valence-electron chi connectivity index (χ0n) is 14.6. The Labute approximate surface area is 140 Å². The number of nitro groups is 1. The first-order valence-corrected chi connectivity index (χ1v) is 7.51. The summed E-state index contributed by atoms with van der Waals surface area (Å²) in [4.78, 5) is 36.0. The Bertz CT molecular complexity index is 641. The van der Waals surface area contributed by atoms with Crippen molar-refractivity contribution in [3.63, 3.8) is 0 Å². The molecule has 24 heavy (non-hydrogen) atoms. The molecule has 0 aromatic heterocycles. The number of carbonyl (C=O) groups is 2. The number of amides is 1. The molecule has 132 valence electrons. The van der Waals surface area contributed by atoms with Gasteiger partial charge in [0.25, 0.3) is 11.6 Å². The van der Waals surface area contributed by atoms with Gasteiger partial charge in [0.15, 0.2) is 6.61 Å². The van der Waals surface area contributed by atoms with Crippen molar-refractivity contribution < 1.29 is 19.2 Å². The Morgan fingerprint density at radius 3 is 2.46 bits per heavy atom. The first-order chi connectivity index (χ1) is 11.1. The van der Waals surface area contributed by atoms with E-state index >= 15 is 0 Å². The molecule has 1 amide bonds. The summed E-state index contributed by atoms with van der Waals surface area (Å²) in [6, 6.07) is 3.92. The molecule has 1 rings (SSSR count). The number of nitro benzene ring substituents is 1. The third kappa shape index (κ3) is 5.22. The number of ether oxygens (including phenoxy) is 1. The Hall–Kier alpha value is -2.64. The van der Waals surface area contributed by atoms with Crippen molar-refractivity contribution in [2.24, 2.45) is 0 Å². The average Bonchev–Trinajstić information content (AvgIpc) is 2.51. The molecule has 1 N–H and O–H groups in total. The molecule has 0 saturated carbocycles. The van der Waals surface area contributed by atoms with Crippen LogP contribution in [0.2, 0.25) is 0 Å². The third-order valence-electron chi connectivity index (χ3n) is 3.59. The van der Waals surface area contributed by atoms with Crippen LogP contribution >= 0.6 is 0 Å². The molecule has 8 heteroatoms. The van der Waals surface area contributed by atoms with E-state index in [1.165, 1.54) is 12.1 Å². The number of non-ortho nitro benzene ring substituents is 1. The second kappa shape index (κ2) is 7.76. The molecular formula is C16H23N3O5. The van der Waals surface area contributed by atoms with Crippen molar-refractivity contribution in [3.05, 3.63) is 33.9 Å². The van der Waals surface area contributed by atoms with Crippen molar-refractivity contribution in [2.45, 2.75) is 32.7 Å². The topological polar surface area (TPSA) is 102 Å². The highest BCUT2D eigenvalue weighted by Crippen LogP contribution is 2.24. The molecule has 8 nitrogen and oxygen atoms in total. The van der Waals surface area contributed by atoms with Gasteiger partial charge in [-0.05, 0) is 26.3 Å². The first-order valence-electron chi connectivity index (χ1n) is 7.51. The summed E-state index contributed by atoms with van der Waals surface area (Å²) >= 11 is 0. The summed E-state index contributed by atoms with van der Waals surface area (Å²) in [5.41, 5.74) is -0.107. The monoisotopic (exact) mass is 337 g/mol. The van der Waals surface area contributed by atoms with Crippen LogP contribution < -0.4 is 10.2 Å². The minimum absolute atomic E-state index is 0.0387. The molecule has 0 saturated heterocycles. The predicted octanol–water partition coefficient (Wildman–Crippen LogP) is 2.12. The average molecular weight is 337 g/mol. The van der Waals surface area contributed by atoms with Gasteiger partial charge in [0.05, 0.1) is 16.2 Å². The van der Waals surface area contributed by atoms with Crippen LogP contribution in [0, 0.1) is 10.1 Å². The fourth-order valence-corrected chi connectivity index (χ4v) is 1.90. The van der Waals surface area contributed by atoms with Gasteiger partial charge in [0.2, 0.25) is 0 Å². The predicted molar refractivity (Wildman–Crippen MR) is 90.2 cm³/mol. The SMILES string of the molecule is CCC(C)(C)NC(=O)COC(=O)c1cc([N+](=O)[O-])ccc1N(C)C. The quantitative estimate of drug-likeness (QED) is 0.464. The van der Waals surface area contributed by atoms with Crippen molar-refractivity contribution in [2.75, 3.05) is 25.6 Å². The minimum Gasteiger partial charge on any atom is -0.452 e. The number of hydrogen-bond acceptors (Lipinski definition) is 6. The van der Waals surface area contributed by atoms with Crippen LogP contribution in [-0.4, -0.2) is 43.0 Å². The molecule has 0 aliphatic carbocycles. The fourth-order valence-electron chi connectivity index (χ4n) is 1.90. The van der Waals surface area contributed by atoms with Crippen molar-refractivity contribution in [1.29, 1.82) is 0 Å². The Balaban J connectivity index is 2.89. The van der Waals surface area contributed by atoms with Crippen LogP contribution in [0.4, 0.5) is 11.4 Å². The molecule has 0 aliphatic heterocycles. The number of benzene rings is 1. The molecule has 0 unspecified atom stereocenters.